The Morgan fingerprint density at radius 2 is 2.11 bits per heavy atom. The average Bonchev–Trinajstić information content (AvgIpc) is 2.35. The van der Waals surface area contributed by atoms with E-state index in [4.69, 9.17) is 23.1 Å². The molecular formula is C13H14ClN3O2. The Hall–Kier alpha value is -2.03. The van der Waals surface area contributed by atoms with Gasteiger partial charge in [0.05, 0.1) is 18.1 Å². The standard InChI is InChI=1S/C13H14ClN3O2/c1-17(8-12(16)18)13(19)10-5-4-9(3-2-6-15)11(14)7-10/h4-5,7H,6,8,15H2,1H3,(H2,16,18). The predicted molar refractivity (Wildman–Crippen MR) is 73.5 cm³/mol. The number of primary amides is 1. The molecule has 0 unspecified atom stereocenters. The van der Waals surface area contributed by atoms with E-state index in [1.54, 1.807) is 12.1 Å². The lowest BCUT2D eigenvalue weighted by Gasteiger charge is -2.15. The lowest BCUT2D eigenvalue weighted by atomic mass is 10.1. The first kappa shape index (κ1) is 15.0. The summed E-state index contributed by atoms with van der Waals surface area (Å²) < 4.78 is 0. The fourth-order valence-electron chi connectivity index (χ4n) is 1.42. The molecule has 0 aromatic heterocycles. The van der Waals surface area contributed by atoms with Crippen molar-refractivity contribution in [3.8, 4) is 11.8 Å². The van der Waals surface area contributed by atoms with Crippen LogP contribution in [0, 0.1) is 11.8 Å². The van der Waals surface area contributed by atoms with Gasteiger partial charge in [-0.3, -0.25) is 9.59 Å². The Labute approximate surface area is 116 Å². The smallest absolute Gasteiger partial charge is 0.254 e. The second-order valence-corrected chi connectivity index (χ2v) is 4.24. The Balaban J connectivity index is 2.94. The molecule has 6 heteroatoms. The number of nitrogens with two attached hydrogens (primary N) is 2. The molecule has 0 aliphatic rings. The third-order valence-corrected chi connectivity index (χ3v) is 2.59. The Kier molecular flexibility index (Phi) is 5.37. The molecule has 0 saturated carbocycles. The summed E-state index contributed by atoms with van der Waals surface area (Å²) in [4.78, 5) is 23.9. The second-order valence-electron chi connectivity index (χ2n) is 3.83. The third kappa shape index (κ3) is 4.28. The summed E-state index contributed by atoms with van der Waals surface area (Å²) in [5.74, 6) is 4.56. The normalized spacial score (nSPS) is 9.42. The summed E-state index contributed by atoms with van der Waals surface area (Å²) in [6.07, 6.45) is 0. The molecule has 0 saturated heterocycles. The van der Waals surface area contributed by atoms with Crippen LogP contribution in [0.25, 0.3) is 0 Å². The van der Waals surface area contributed by atoms with Crippen LogP contribution in [-0.2, 0) is 4.79 Å². The molecule has 0 radical (unpaired) electrons. The molecule has 0 fully saturated rings. The summed E-state index contributed by atoms with van der Waals surface area (Å²) in [6, 6.07) is 4.73. The molecule has 0 atom stereocenters. The number of nitrogens with zero attached hydrogens (tertiary/aromatic N) is 1. The first-order valence-electron chi connectivity index (χ1n) is 5.48. The number of benzene rings is 1. The van der Waals surface area contributed by atoms with Gasteiger partial charge >= 0.3 is 0 Å². The predicted octanol–water partition coefficient (Wildman–Crippen LogP) is 0.207. The molecule has 2 amide bonds. The van der Waals surface area contributed by atoms with Crippen molar-refractivity contribution in [2.75, 3.05) is 20.1 Å². The zero-order valence-corrected chi connectivity index (χ0v) is 11.2. The number of carbonyl (C=O) groups excluding carboxylic acids is 2. The Morgan fingerprint density at radius 1 is 1.42 bits per heavy atom. The molecule has 100 valence electrons. The molecule has 0 aliphatic heterocycles. The van der Waals surface area contributed by atoms with E-state index in [2.05, 4.69) is 11.8 Å². The molecule has 19 heavy (non-hydrogen) atoms. The van der Waals surface area contributed by atoms with Crippen LogP contribution in [0.3, 0.4) is 0 Å². The van der Waals surface area contributed by atoms with Crippen molar-refractivity contribution in [1.29, 1.82) is 0 Å². The number of rotatable bonds is 3. The average molecular weight is 280 g/mol. The van der Waals surface area contributed by atoms with Crippen LogP contribution in [0.5, 0.6) is 0 Å². The maximum atomic E-state index is 12.0. The van der Waals surface area contributed by atoms with Gasteiger partial charge in [0.15, 0.2) is 0 Å². The highest BCUT2D eigenvalue weighted by molar-refractivity contribution is 6.32. The van der Waals surface area contributed by atoms with Gasteiger partial charge in [0.2, 0.25) is 5.91 Å². The Bertz CT molecular complexity index is 561. The largest absolute Gasteiger partial charge is 0.368 e. The minimum Gasteiger partial charge on any atom is -0.368 e. The van der Waals surface area contributed by atoms with Gasteiger partial charge in [-0.25, -0.2) is 0 Å². The topological polar surface area (TPSA) is 89.4 Å². The van der Waals surface area contributed by atoms with Gasteiger partial charge in [0.25, 0.3) is 5.91 Å². The number of likely N-dealkylation sites (N-methyl/N-ethyl adjacent to an activating group) is 1. The molecular weight excluding hydrogens is 266 g/mol. The highest BCUT2D eigenvalue weighted by Gasteiger charge is 2.14. The van der Waals surface area contributed by atoms with Crippen LogP contribution in [0.1, 0.15) is 15.9 Å². The second kappa shape index (κ2) is 6.78. The zero-order chi connectivity index (χ0) is 14.4. The number of carbonyl (C=O) groups is 2. The fraction of sp³-hybridized carbons (Fsp3) is 0.231. The van der Waals surface area contributed by atoms with Crippen molar-refractivity contribution in [2.45, 2.75) is 0 Å². The fourth-order valence-corrected chi connectivity index (χ4v) is 1.65. The minimum absolute atomic E-state index is 0.148. The van der Waals surface area contributed by atoms with E-state index in [9.17, 15) is 9.59 Å². The minimum atomic E-state index is -0.577. The van der Waals surface area contributed by atoms with Crippen molar-refractivity contribution >= 4 is 23.4 Å². The van der Waals surface area contributed by atoms with E-state index in [1.165, 1.54) is 18.0 Å². The number of amides is 2. The number of hydrogen-bond donors (Lipinski definition) is 2. The summed E-state index contributed by atoms with van der Waals surface area (Å²) in [5, 5.41) is 0.360. The van der Waals surface area contributed by atoms with E-state index in [1.807, 2.05) is 0 Å². The van der Waals surface area contributed by atoms with Gasteiger partial charge < -0.3 is 16.4 Å². The third-order valence-electron chi connectivity index (χ3n) is 2.28. The lowest BCUT2D eigenvalue weighted by molar-refractivity contribution is -0.118. The van der Waals surface area contributed by atoms with Crippen LogP contribution in [0.4, 0.5) is 0 Å². The molecule has 1 aromatic rings. The summed E-state index contributed by atoms with van der Waals surface area (Å²) in [6.45, 7) is 0.0868. The molecule has 0 heterocycles. The van der Waals surface area contributed by atoms with Crippen LogP contribution in [0.15, 0.2) is 18.2 Å². The van der Waals surface area contributed by atoms with Crippen LogP contribution >= 0.6 is 11.6 Å². The van der Waals surface area contributed by atoms with Crippen LogP contribution < -0.4 is 11.5 Å². The molecule has 0 aliphatic carbocycles. The quantitative estimate of drug-likeness (QED) is 0.775. The summed E-state index contributed by atoms with van der Waals surface area (Å²) >= 11 is 6.01. The summed E-state index contributed by atoms with van der Waals surface area (Å²) in [5.41, 5.74) is 11.3. The molecule has 0 bridgehead atoms. The Morgan fingerprint density at radius 3 is 2.63 bits per heavy atom. The highest BCUT2D eigenvalue weighted by Crippen LogP contribution is 2.17. The van der Waals surface area contributed by atoms with Crippen molar-refractivity contribution in [1.82, 2.24) is 4.90 Å². The van der Waals surface area contributed by atoms with Gasteiger partial charge in [-0.05, 0) is 18.2 Å². The van der Waals surface area contributed by atoms with E-state index < -0.39 is 5.91 Å². The van der Waals surface area contributed by atoms with E-state index >= 15 is 0 Å². The number of hydrogen-bond acceptors (Lipinski definition) is 3. The first-order valence-corrected chi connectivity index (χ1v) is 5.85. The van der Waals surface area contributed by atoms with Crippen molar-refractivity contribution < 1.29 is 9.59 Å². The van der Waals surface area contributed by atoms with Gasteiger partial charge in [0.1, 0.15) is 0 Å². The lowest BCUT2D eigenvalue weighted by Crippen LogP contribution is -2.35. The van der Waals surface area contributed by atoms with E-state index in [0.29, 0.717) is 16.1 Å². The zero-order valence-electron chi connectivity index (χ0n) is 10.4. The summed E-state index contributed by atoms with van der Waals surface area (Å²) in [7, 11) is 1.49. The van der Waals surface area contributed by atoms with Crippen LogP contribution in [-0.4, -0.2) is 36.9 Å². The molecule has 1 rings (SSSR count). The van der Waals surface area contributed by atoms with Gasteiger partial charge in [0, 0.05) is 18.2 Å². The van der Waals surface area contributed by atoms with E-state index in [-0.39, 0.29) is 19.0 Å². The molecule has 1 aromatic carbocycles. The van der Waals surface area contributed by atoms with Crippen molar-refractivity contribution in [3.05, 3.63) is 34.3 Å². The van der Waals surface area contributed by atoms with Gasteiger partial charge in [-0.2, -0.15) is 0 Å². The molecule has 5 nitrogen and oxygen atoms in total. The first-order chi connectivity index (χ1) is 8.95. The number of halogens is 1. The molecule has 0 spiro atoms. The van der Waals surface area contributed by atoms with Gasteiger partial charge in [-0.1, -0.05) is 23.4 Å². The molecule has 4 N–H and O–H groups in total. The van der Waals surface area contributed by atoms with Crippen molar-refractivity contribution in [3.63, 3.8) is 0 Å². The SMILES string of the molecule is CN(CC(N)=O)C(=O)c1ccc(C#CCN)c(Cl)c1. The van der Waals surface area contributed by atoms with E-state index in [0.717, 1.165) is 0 Å². The monoisotopic (exact) mass is 279 g/mol. The highest BCUT2D eigenvalue weighted by atomic mass is 35.5. The van der Waals surface area contributed by atoms with Gasteiger partial charge in [-0.15, -0.1) is 0 Å². The maximum absolute atomic E-state index is 12.0. The van der Waals surface area contributed by atoms with Crippen LogP contribution in [0.2, 0.25) is 5.02 Å². The maximum Gasteiger partial charge on any atom is 0.254 e. The van der Waals surface area contributed by atoms with Crippen molar-refractivity contribution in [2.24, 2.45) is 11.5 Å².